The summed E-state index contributed by atoms with van der Waals surface area (Å²) in [5, 5.41) is 8.35. The second-order valence-corrected chi connectivity index (χ2v) is 5.80. The van der Waals surface area contributed by atoms with E-state index < -0.39 is 0 Å². The number of nitrogens with one attached hydrogen (secondary N) is 1. The molecule has 0 aliphatic rings. The maximum Gasteiger partial charge on any atom is 0.0653 e. The lowest BCUT2D eigenvalue weighted by Crippen LogP contribution is -2.14. The second kappa shape index (κ2) is 3.62. The first-order valence-electron chi connectivity index (χ1n) is 5.87. The first-order valence-corrected chi connectivity index (χ1v) is 5.87. The molecule has 1 aromatic heterocycles. The Morgan fingerprint density at radius 3 is 2.44 bits per heavy atom. The van der Waals surface area contributed by atoms with Gasteiger partial charge in [0.05, 0.1) is 11.7 Å². The van der Waals surface area contributed by atoms with Gasteiger partial charge in [-0.05, 0) is 34.6 Å². The van der Waals surface area contributed by atoms with E-state index in [1.165, 1.54) is 16.5 Å². The molecular formula is C14H20N2. The van der Waals surface area contributed by atoms with Crippen LogP contribution in [0.2, 0.25) is 0 Å². The molecule has 16 heavy (non-hydrogen) atoms. The first kappa shape index (κ1) is 11.2. The molecule has 0 saturated carbocycles. The van der Waals surface area contributed by atoms with E-state index in [9.17, 15) is 0 Å². The number of aromatic amines is 1. The summed E-state index contributed by atoms with van der Waals surface area (Å²) in [7, 11) is 0. The fraction of sp³-hybridized carbons (Fsp3) is 0.500. The number of nitrogens with zero attached hydrogens (tertiary/aromatic N) is 1. The summed E-state index contributed by atoms with van der Waals surface area (Å²) < 4.78 is 0. The highest BCUT2D eigenvalue weighted by atomic mass is 15.1. The zero-order valence-electron chi connectivity index (χ0n) is 10.8. The van der Waals surface area contributed by atoms with E-state index in [4.69, 9.17) is 0 Å². The van der Waals surface area contributed by atoms with Crippen molar-refractivity contribution in [2.45, 2.75) is 46.0 Å². The Morgan fingerprint density at radius 2 is 1.88 bits per heavy atom. The molecule has 0 radical (unpaired) electrons. The highest BCUT2D eigenvalue weighted by molar-refractivity contribution is 5.80. The molecule has 2 aromatic rings. The summed E-state index contributed by atoms with van der Waals surface area (Å²) >= 11 is 0. The molecule has 0 aliphatic heterocycles. The van der Waals surface area contributed by atoms with Crippen LogP contribution >= 0.6 is 0 Å². The number of fused-ring (bicyclic) bond motifs is 1. The topological polar surface area (TPSA) is 28.7 Å². The minimum atomic E-state index is 0.186. The highest BCUT2D eigenvalue weighted by Gasteiger charge is 2.20. The lowest BCUT2D eigenvalue weighted by atomic mass is 9.80. The summed E-state index contributed by atoms with van der Waals surface area (Å²) in [4.78, 5) is 0. The van der Waals surface area contributed by atoms with E-state index >= 15 is 0 Å². The molecule has 1 N–H and O–H groups in total. The normalized spacial score (nSPS) is 12.6. The predicted molar refractivity (Wildman–Crippen MR) is 68.9 cm³/mol. The van der Waals surface area contributed by atoms with Crippen molar-refractivity contribution < 1.29 is 0 Å². The molecule has 2 heteroatoms. The molecule has 1 heterocycles. The average molecular weight is 216 g/mol. The van der Waals surface area contributed by atoms with E-state index in [2.05, 4.69) is 56.9 Å². The largest absolute Gasteiger partial charge is 0.278 e. The number of rotatable bonds is 1. The van der Waals surface area contributed by atoms with Crippen LogP contribution in [-0.2, 0) is 5.41 Å². The molecule has 0 unspecified atom stereocenters. The predicted octanol–water partition coefficient (Wildman–Crippen LogP) is 3.98. The van der Waals surface area contributed by atoms with Crippen LogP contribution in [0, 0.1) is 0 Å². The zero-order valence-corrected chi connectivity index (χ0v) is 10.8. The molecule has 2 nitrogen and oxygen atoms in total. The van der Waals surface area contributed by atoms with Crippen LogP contribution in [0.3, 0.4) is 0 Å². The molecule has 1 aromatic carbocycles. The van der Waals surface area contributed by atoms with Gasteiger partial charge in [0, 0.05) is 5.39 Å². The van der Waals surface area contributed by atoms with Crippen LogP contribution < -0.4 is 0 Å². The van der Waals surface area contributed by atoms with Gasteiger partial charge in [0.25, 0.3) is 0 Å². The van der Waals surface area contributed by atoms with Crippen molar-refractivity contribution in [3.8, 4) is 0 Å². The Morgan fingerprint density at radius 1 is 1.19 bits per heavy atom. The molecule has 0 atom stereocenters. The molecule has 0 bridgehead atoms. The van der Waals surface area contributed by atoms with Gasteiger partial charge in [-0.25, -0.2) is 0 Å². The van der Waals surface area contributed by atoms with Crippen molar-refractivity contribution in [2.24, 2.45) is 0 Å². The standard InChI is InChI=1S/C14H20N2/c1-9(2)11-7-13-10(8-15-16-13)6-12(11)14(3,4)5/h6-9H,1-5H3,(H,15,16). The Labute approximate surface area is 97.1 Å². The first-order chi connectivity index (χ1) is 7.39. The smallest absolute Gasteiger partial charge is 0.0653 e. The monoisotopic (exact) mass is 216 g/mol. The average Bonchev–Trinajstić information content (AvgIpc) is 2.60. The number of benzene rings is 1. The number of aromatic nitrogens is 2. The van der Waals surface area contributed by atoms with Gasteiger partial charge >= 0.3 is 0 Å². The van der Waals surface area contributed by atoms with Crippen LogP contribution in [0.5, 0.6) is 0 Å². The van der Waals surface area contributed by atoms with Crippen LogP contribution in [-0.4, -0.2) is 10.2 Å². The highest BCUT2D eigenvalue weighted by Crippen LogP contribution is 2.33. The van der Waals surface area contributed by atoms with Gasteiger partial charge < -0.3 is 0 Å². The molecule has 0 saturated heterocycles. The summed E-state index contributed by atoms with van der Waals surface area (Å²) in [5.41, 5.74) is 4.17. The fourth-order valence-electron chi connectivity index (χ4n) is 2.14. The van der Waals surface area contributed by atoms with Crippen LogP contribution in [0.15, 0.2) is 18.3 Å². The van der Waals surface area contributed by atoms with E-state index in [1.807, 2.05) is 6.20 Å². The van der Waals surface area contributed by atoms with Gasteiger partial charge in [0.15, 0.2) is 0 Å². The van der Waals surface area contributed by atoms with Gasteiger partial charge in [-0.1, -0.05) is 34.6 Å². The maximum atomic E-state index is 4.10. The molecule has 2 rings (SSSR count). The molecule has 0 fully saturated rings. The molecular weight excluding hydrogens is 196 g/mol. The summed E-state index contributed by atoms with van der Waals surface area (Å²) in [6.45, 7) is 11.3. The van der Waals surface area contributed by atoms with E-state index in [0.29, 0.717) is 5.92 Å². The van der Waals surface area contributed by atoms with E-state index in [-0.39, 0.29) is 5.41 Å². The summed E-state index contributed by atoms with van der Waals surface area (Å²) in [6.07, 6.45) is 1.90. The zero-order chi connectivity index (χ0) is 11.9. The summed E-state index contributed by atoms with van der Waals surface area (Å²) in [5.74, 6) is 0.543. The van der Waals surface area contributed by atoms with Crippen LogP contribution in [0.4, 0.5) is 0 Å². The fourth-order valence-corrected chi connectivity index (χ4v) is 2.14. The van der Waals surface area contributed by atoms with E-state index in [0.717, 1.165) is 5.52 Å². The van der Waals surface area contributed by atoms with Crippen LogP contribution in [0.1, 0.15) is 51.7 Å². The van der Waals surface area contributed by atoms with Crippen molar-refractivity contribution in [2.75, 3.05) is 0 Å². The van der Waals surface area contributed by atoms with Gasteiger partial charge in [0.1, 0.15) is 0 Å². The SMILES string of the molecule is CC(C)c1cc2[nH]ncc2cc1C(C)(C)C. The lowest BCUT2D eigenvalue weighted by molar-refractivity contribution is 0.578. The molecule has 86 valence electrons. The van der Waals surface area contributed by atoms with E-state index in [1.54, 1.807) is 0 Å². The minimum Gasteiger partial charge on any atom is -0.278 e. The maximum absolute atomic E-state index is 4.10. The third-order valence-electron chi connectivity index (χ3n) is 3.04. The van der Waals surface area contributed by atoms with Crippen molar-refractivity contribution >= 4 is 10.9 Å². The third kappa shape index (κ3) is 1.84. The Balaban J connectivity index is 2.72. The van der Waals surface area contributed by atoms with Crippen molar-refractivity contribution in [1.29, 1.82) is 0 Å². The Hall–Kier alpha value is -1.31. The Kier molecular flexibility index (Phi) is 2.53. The van der Waals surface area contributed by atoms with Crippen molar-refractivity contribution in [1.82, 2.24) is 10.2 Å². The summed E-state index contributed by atoms with van der Waals surface area (Å²) in [6, 6.07) is 4.52. The molecule has 0 aliphatic carbocycles. The molecule has 0 spiro atoms. The number of H-pyrrole nitrogens is 1. The van der Waals surface area contributed by atoms with Crippen molar-refractivity contribution in [3.63, 3.8) is 0 Å². The second-order valence-electron chi connectivity index (χ2n) is 5.80. The van der Waals surface area contributed by atoms with Crippen molar-refractivity contribution in [3.05, 3.63) is 29.5 Å². The van der Waals surface area contributed by atoms with Crippen LogP contribution in [0.25, 0.3) is 10.9 Å². The van der Waals surface area contributed by atoms with Gasteiger partial charge in [-0.2, -0.15) is 5.10 Å². The minimum absolute atomic E-state index is 0.186. The van der Waals surface area contributed by atoms with Gasteiger partial charge in [-0.15, -0.1) is 0 Å². The number of hydrogen-bond donors (Lipinski definition) is 1. The van der Waals surface area contributed by atoms with Gasteiger partial charge in [0.2, 0.25) is 0 Å². The molecule has 0 amide bonds. The number of hydrogen-bond acceptors (Lipinski definition) is 1. The Bertz CT molecular complexity index is 501. The lowest BCUT2D eigenvalue weighted by Gasteiger charge is -2.25. The third-order valence-corrected chi connectivity index (χ3v) is 3.04. The quantitative estimate of drug-likeness (QED) is 0.767. The van der Waals surface area contributed by atoms with Gasteiger partial charge in [-0.3, -0.25) is 5.10 Å².